The van der Waals surface area contributed by atoms with E-state index in [1.807, 2.05) is 36.4 Å². The van der Waals surface area contributed by atoms with Crippen LogP contribution in [0.15, 0.2) is 84.6 Å². The van der Waals surface area contributed by atoms with Crippen molar-refractivity contribution in [1.82, 2.24) is 5.32 Å². The maximum atomic E-state index is 13.2. The number of ether oxygens (including phenoxy) is 1. The van der Waals surface area contributed by atoms with Gasteiger partial charge in [0, 0.05) is 26.2 Å². The number of imide groups is 1. The standard InChI is InChI=1S/C27H17Cl3N2O3/c28-18-8-10-20(11-9-18)32-26(33)24(31-27(32)34)14-22-21-4-2-1-3-16(21)6-12-25(22)35-15-17-5-7-19(29)13-23(17)30/h1-14H,15H2,(H,31,34)/b24-14+. The highest BCUT2D eigenvalue weighted by Crippen LogP contribution is 2.33. The molecule has 174 valence electrons. The number of carbonyl (C=O) groups excluding carboxylic acids is 2. The van der Waals surface area contributed by atoms with Gasteiger partial charge in [-0.05, 0) is 59.3 Å². The molecule has 0 bridgehead atoms. The molecule has 1 aliphatic heterocycles. The number of rotatable bonds is 5. The van der Waals surface area contributed by atoms with Crippen LogP contribution >= 0.6 is 34.8 Å². The zero-order valence-corrected chi connectivity index (χ0v) is 20.4. The SMILES string of the molecule is O=C1N/C(=C/c2c(OCc3ccc(Cl)cc3Cl)ccc3ccccc23)C(=O)N1c1ccc(Cl)cc1. The molecule has 1 aliphatic rings. The maximum Gasteiger partial charge on any atom is 0.333 e. The summed E-state index contributed by atoms with van der Waals surface area (Å²) in [6.45, 7) is 0.196. The highest BCUT2D eigenvalue weighted by molar-refractivity contribution is 6.35. The fourth-order valence-electron chi connectivity index (χ4n) is 3.85. The van der Waals surface area contributed by atoms with E-state index in [1.165, 1.54) is 0 Å². The molecule has 4 aromatic carbocycles. The average molecular weight is 524 g/mol. The lowest BCUT2D eigenvalue weighted by Gasteiger charge is -2.14. The first-order valence-corrected chi connectivity index (χ1v) is 11.8. The third kappa shape index (κ3) is 4.71. The van der Waals surface area contributed by atoms with Crippen molar-refractivity contribution in [3.63, 3.8) is 0 Å². The number of nitrogens with one attached hydrogen (secondary N) is 1. The van der Waals surface area contributed by atoms with Crippen LogP contribution in [0.3, 0.4) is 0 Å². The molecule has 0 atom stereocenters. The van der Waals surface area contributed by atoms with Gasteiger partial charge in [-0.3, -0.25) is 4.79 Å². The number of anilines is 1. The second kappa shape index (κ2) is 9.62. The molecule has 4 aromatic rings. The number of benzene rings is 4. The number of carbonyl (C=O) groups is 2. The second-order valence-corrected chi connectivity index (χ2v) is 9.11. The second-order valence-electron chi connectivity index (χ2n) is 7.83. The minimum Gasteiger partial charge on any atom is -0.488 e. The van der Waals surface area contributed by atoms with E-state index in [1.54, 1.807) is 48.5 Å². The predicted molar refractivity (Wildman–Crippen MR) is 140 cm³/mol. The lowest BCUT2D eigenvalue weighted by Crippen LogP contribution is -2.30. The molecule has 0 saturated carbocycles. The van der Waals surface area contributed by atoms with E-state index >= 15 is 0 Å². The summed E-state index contributed by atoms with van der Waals surface area (Å²) in [6.07, 6.45) is 1.64. The molecule has 3 amide bonds. The van der Waals surface area contributed by atoms with E-state index < -0.39 is 11.9 Å². The molecule has 5 rings (SSSR count). The summed E-state index contributed by atoms with van der Waals surface area (Å²) in [5.74, 6) is 0.0613. The topological polar surface area (TPSA) is 58.6 Å². The van der Waals surface area contributed by atoms with Crippen molar-refractivity contribution in [2.75, 3.05) is 4.90 Å². The third-order valence-electron chi connectivity index (χ3n) is 5.58. The molecule has 0 radical (unpaired) electrons. The predicted octanol–water partition coefficient (Wildman–Crippen LogP) is 7.48. The Morgan fingerprint density at radius 1 is 0.857 bits per heavy atom. The fourth-order valence-corrected chi connectivity index (χ4v) is 4.44. The minimum atomic E-state index is -0.542. The largest absolute Gasteiger partial charge is 0.488 e. The quantitative estimate of drug-likeness (QED) is 0.218. The zero-order chi connectivity index (χ0) is 24.5. The van der Waals surface area contributed by atoms with E-state index in [-0.39, 0.29) is 12.3 Å². The van der Waals surface area contributed by atoms with Crippen molar-refractivity contribution in [1.29, 1.82) is 0 Å². The van der Waals surface area contributed by atoms with Gasteiger partial charge in [0.25, 0.3) is 5.91 Å². The van der Waals surface area contributed by atoms with Gasteiger partial charge in [0.1, 0.15) is 18.1 Å². The van der Waals surface area contributed by atoms with Gasteiger partial charge in [-0.2, -0.15) is 0 Å². The Balaban J connectivity index is 1.53. The molecule has 1 fully saturated rings. The molecule has 35 heavy (non-hydrogen) atoms. The third-order valence-corrected chi connectivity index (χ3v) is 6.42. The normalized spacial score (nSPS) is 14.6. The van der Waals surface area contributed by atoms with E-state index in [9.17, 15) is 9.59 Å². The Morgan fingerprint density at radius 3 is 2.37 bits per heavy atom. The zero-order valence-electron chi connectivity index (χ0n) is 18.1. The van der Waals surface area contributed by atoms with Gasteiger partial charge in [-0.1, -0.05) is 71.2 Å². The van der Waals surface area contributed by atoms with Crippen molar-refractivity contribution in [3.8, 4) is 5.75 Å². The first kappa shape index (κ1) is 23.2. The molecule has 1 saturated heterocycles. The van der Waals surface area contributed by atoms with Crippen LogP contribution in [0.4, 0.5) is 10.5 Å². The van der Waals surface area contributed by atoms with Crippen molar-refractivity contribution >= 4 is 69.3 Å². The smallest absolute Gasteiger partial charge is 0.333 e. The Labute approximate surface area is 216 Å². The van der Waals surface area contributed by atoms with Gasteiger partial charge >= 0.3 is 6.03 Å². The van der Waals surface area contributed by atoms with Crippen LogP contribution in [0.5, 0.6) is 5.75 Å². The van der Waals surface area contributed by atoms with Crippen LogP contribution in [-0.2, 0) is 11.4 Å². The van der Waals surface area contributed by atoms with Crippen molar-refractivity contribution in [2.24, 2.45) is 0 Å². The number of halogens is 3. The van der Waals surface area contributed by atoms with Crippen molar-refractivity contribution in [3.05, 3.63) is 111 Å². The summed E-state index contributed by atoms with van der Waals surface area (Å²) in [7, 11) is 0. The average Bonchev–Trinajstić information content (AvgIpc) is 3.12. The number of hydrogen-bond donors (Lipinski definition) is 1. The summed E-state index contributed by atoms with van der Waals surface area (Å²) >= 11 is 18.3. The van der Waals surface area contributed by atoms with Gasteiger partial charge in [0.15, 0.2) is 0 Å². The summed E-state index contributed by atoms with van der Waals surface area (Å²) < 4.78 is 6.12. The molecule has 0 unspecified atom stereocenters. The molecule has 0 aliphatic carbocycles. The van der Waals surface area contributed by atoms with E-state index in [2.05, 4.69) is 5.32 Å². The highest BCUT2D eigenvalue weighted by atomic mass is 35.5. The van der Waals surface area contributed by atoms with Gasteiger partial charge < -0.3 is 10.1 Å². The van der Waals surface area contributed by atoms with Gasteiger partial charge in [-0.15, -0.1) is 0 Å². The Kier molecular flexibility index (Phi) is 6.39. The van der Waals surface area contributed by atoms with Crippen LogP contribution in [0, 0.1) is 0 Å². The van der Waals surface area contributed by atoms with Gasteiger partial charge in [-0.25, -0.2) is 9.69 Å². The molecule has 1 heterocycles. The Hall–Kier alpha value is -3.51. The minimum absolute atomic E-state index is 0.135. The van der Waals surface area contributed by atoms with E-state index in [0.29, 0.717) is 32.1 Å². The molecule has 8 heteroatoms. The molecule has 5 nitrogen and oxygen atoms in total. The fraction of sp³-hybridized carbons (Fsp3) is 0.0370. The lowest BCUT2D eigenvalue weighted by molar-refractivity contribution is -0.113. The summed E-state index contributed by atoms with van der Waals surface area (Å²) in [5.41, 5.74) is 1.99. The Bertz CT molecular complexity index is 1500. The first-order valence-electron chi connectivity index (χ1n) is 10.6. The Morgan fingerprint density at radius 2 is 1.60 bits per heavy atom. The van der Waals surface area contributed by atoms with E-state index in [0.717, 1.165) is 21.2 Å². The van der Waals surface area contributed by atoms with Crippen LogP contribution < -0.4 is 15.0 Å². The number of amides is 3. The molecule has 0 spiro atoms. The molecule has 0 aromatic heterocycles. The number of hydrogen-bond acceptors (Lipinski definition) is 3. The molecule has 1 N–H and O–H groups in total. The van der Waals surface area contributed by atoms with Gasteiger partial charge in [0.2, 0.25) is 0 Å². The van der Waals surface area contributed by atoms with Crippen LogP contribution in [-0.4, -0.2) is 11.9 Å². The van der Waals surface area contributed by atoms with Crippen molar-refractivity contribution < 1.29 is 14.3 Å². The highest BCUT2D eigenvalue weighted by Gasteiger charge is 2.35. The number of urea groups is 1. The van der Waals surface area contributed by atoms with Crippen molar-refractivity contribution in [2.45, 2.75) is 6.61 Å². The summed E-state index contributed by atoms with van der Waals surface area (Å²) in [4.78, 5) is 26.9. The lowest BCUT2D eigenvalue weighted by atomic mass is 10.0. The van der Waals surface area contributed by atoms with Crippen LogP contribution in [0.2, 0.25) is 15.1 Å². The number of nitrogens with zero attached hydrogens (tertiary/aromatic N) is 1. The molecular formula is C27H17Cl3N2O3. The molecular weight excluding hydrogens is 507 g/mol. The number of fused-ring (bicyclic) bond motifs is 1. The first-order chi connectivity index (χ1) is 16.9. The van der Waals surface area contributed by atoms with Crippen LogP contribution in [0.25, 0.3) is 16.8 Å². The maximum absolute atomic E-state index is 13.2. The summed E-state index contributed by atoms with van der Waals surface area (Å²) in [6, 6.07) is 22.6. The van der Waals surface area contributed by atoms with Gasteiger partial charge in [0.05, 0.1) is 5.69 Å². The monoisotopic (exact) mass is 522 g/mol. The van der Waals surface area contributed by atoms with Crippen LogP contribution in [0.1, 0.15) is 11.1 Å². The summed E-state index contributed by atoms with van der Waals surface area (Å²) in [5, 5.41) is 6.04. The van der Waals surface area contributed by atoms with E-state index in [4.69, 9.17) is 39.5 Å².